The summed E-state index contributed by atoms with van der Waals surface area (Å²) in [5.74, 6) is -0.418. The Hall–Kier alpha value is -3.61. The number of furan rings is 1. The maximum absolute atomic E-state index is 12.3. The van der Waals surface area contributed by atoms with Crippen molar-refractivity contribution in [2.75, 3.05) is 11.9 Å². The Balaban J connectivity index is 1.33. The molecule has 0 spiro atoms. The number of hydrogen-bond acceptors (Lipinski definition) is 5. The zero-order valence-electron chi connectivity index (χ0n) is 15.9. The van der Waals surface area contributed by atoms with Gasteiger partial charge < -0.3 is 19.8 Å². The Labute approximate surface area is 167 Å². The van der Waals surface area contributed by atoms with E-state index < -0.39 is 18.5 Å². The van der Waals surface area contributed by atoms with Crippen LogP contribution in [0.3, 0.4) is 0 Å². The second kappa shape index (κ2) is 7.79. The number of esters is 1. The van der Waals surface area contributed by atoms with Crippen LogP contribution in [0.5, 0.6) is 0 Å². The molecule has 1 aliphatic heterocycles. The van der Waals surface area contributed by atoms with Crippen LogP contribution in [0.2, 0.25) is 0 Å². The first kappa shape index (κ1) is 18.7. The van der Waals surface area contributed by atoms with Gasteiger partial charge in [0.05, 0.1) is 11.6 Å². The van der Waals surface area contributed by atoms with Gasteiger partial charge >= 0.3 is 5.97 Å². The van der Waals surface area contributed by atoms with E-state index in [1.54, 1.807) is 25.1 Å². The third-order valence-corrected chi connectivity index (χ3v) is 4.82. The Kier molecular flexibility index (Phi) is 5.03. The summed E-state index contributed by atoms with van der Waals surface area (Å²) in [6.07, 6.45) is 0.950. The lowest BCUT2D eigenvalue weighted by Crippen LogP contribution is -2.31. The van der Waals surface area contributed by atoms with E-state index in [9.17, 15) is 14.4 Å². The molecule has 3 aromatic rings. The topological polar surface area (TPSA) is 97.6 Å². The van der Waals surface area contributed by atoms with Gasteiger partial charge in [0.2, 0.25) is 5.91 Å². The Morgan fingerprint density at radius 3 is 2.83 bits per heavy atom. The first-order chi connectivity index (χ1) is 14.0. The monoisotopic (exact) mass is 392 g/mol. The maximum Gasteiger partial charge on any atom is 0.338 e. The summed E-state index contributed by atoms with van der Waals surface area (Å²) in [4.78, 5) is 35.8. The van der Waals surface area contributed by atoms with Gasteiger partial charge in [0, 0.05) is 17.5 Å². The number of hydrogen-bond donors (Lipinski definition) is 2. The van der Waals surface area contributed by atoms with Gasteiger partial charge in [-0.2, -0.15) is 0 Å². The zero-order valence-corrected chi connectivity index (χ0v) is 15.9. The van der Waals surface area contributed by atoms with Crippen molar-refractivity contribution in [1.82, 2.24) is 5.32 Å². The minimum atomic E-state index is -0.587. The van der Waals surface area contributed by atoms with Crippen molar-refractivity contribution >= 4 is 34.4 Å². The van der Waals surface area contributed by atoms with Crippen molar-refractivity contribution in [3.05, 3.63) is 65.4 Å². The molecular weight excluding hydrogens is 372 g/mol. The van der Waals surface area contributed by atoms with Crippen LogP contribution in [-0.4, -0.2) is 24.4 Å². The maximum atomic E-state index is 12.3. The average molecular weight is 392 g/mol. The highest BCUT2D eigenvalue weighted by Crippen LogP contribution is 2.25. The van der Waals surface area contributed by atoms with Crippen LogP contribution in [0.4, 0.5) is 5.69 Å². The van der Waals surface area contributed by atoms with Crippen molar-refractivity contribution in [1.29, 1.82) is 0 Å². The number of nitrogens with one attached hydrogen (secondary N) is 2. The minimum Gasteiger partial charge on any atom is -0.459 e. The third-order valence-electron chi connectivity index (χ3n) is 4.82. The molecule has 1 unspecified atom stereocenters. The molecule has 4 rings (SSSR count). The van der Waals surface area contributed by atoms with E-state index in [4.69, 9.17) is 9.15 Å². The van der Waals surface area contributed by atoms with E-state index in [1.165, 1.54) is 0 Å². The normalized spacial score (nSPS) is 14.0. The van der Waals surface area contributed by atoms with Gasteiger partial charge in [0.1, 0.15) is 11.3 Å². The van der Waals surface area contributed by atoms with E-state index in [0.29, 0.717) is 29.9 Å². The number of aryl methyl sites for hydroxylation is 1. The summed E-state index contributed by atoms with van der Waals surface area (Å²) >= 11 is 0. The summed E-state index contributed by atoms with van der Waals surface area (Å²) < 4.78 is 10.9. The Bertz CT molecular complexity index is 1070. The summed E-state index contributed by atoms with van der Waals surface area (Å²) in [7, 11) is 0. The molecule has 148 valence electrons. The standard InChI is InChI=1S/C22H20N2O5/c1-13(19-11-15-4-2-3-5-18(15)29-19)23-21(26)12-28-22(27)16-6-8-17-14(10-16)7-9-20(25)24-17/h2-6,8,10-11,13H,7,9,12H2,1H3,(H,23,26)(H,24,25). The lowest BCUT2D eigenvalue weighted by Gasteiger charge is -2.17. The number of benzene rings is 2. The van der Waals surface area contributed by atoms with Gasteiger partial charge in [0.25, 0.3) is 5.91 Å². The molecule has 2 heterocycles. The molecule has 0 radical (unpaired) electrons. The van der Waals surface area contributed by atoms with Gasteiger partial charge in [-0.3, -0.25) is 9.59 Å². The quantitative estimate of drug-likeness (QED) is 0.649. The summed E-state index contributed by atoms with van der Waals surface area (Å²) in [5, 5.41) is 6.48. The number of para-hydroxylation sites is 1. The zero-order chi connectivity index (χ0) is 20.4. The van der Waals surface area contributed by atoms with Gasteiger partial charge in [-0.1, -0.05) is 18.2 Å². The lowest BCUT2D eigenvalue weighted by atomic mass is 10.0. The minimum absolute atomic E-state index is 0.0388. The Morgan fingerprint density at radius 1 is 1.17 bits per heavy atom. The molecule has 0 bridgehead atoms. The summed E-state index contributed by atoms with van der Waals surface area (Å²) in [6, 6.07) is 14.0. The predicted molar refractivity (Wildman–Crippen MR) is 106 cm³/mol. The number of rotatable bonds is 5. The van der Waals surface area contributed by atoms with Gasteiger partial charge in [-0.25, -0.2) is 4.79 Å². The fourth-order valence-corrected chi connectivity index (χ4v) is 3.29. The molecule has 29 heavy (non-hydrogen) atoms. The van der Waals surface area contributed by atoms with Gasteiger partial charge in [-0.15, -0.1) is 0 Å². The highest BCUT2D eigenvalue weighted by molar-refractivity contribution is 5.96. The fraction of sp³-hybridized carbons (Fsp3) is 0.227. The largest absolute Gasteiger partial charge is 0.459 e. The highest BCUT2D eigenvalue weighted by Gasteiger charge is 2.19. The molecule has 1 atom stereocenters. The molecule has 7 heteroatoms. The second-order valence-corrected chi connectivity index (χ2v) is 6.97. The molecule has 0 saturated carbocycles. The number of anilines is 1. The van der Waals surface area contributed by atoms with Crippen molar-refractivity contribution in [2.24, 2.45) is 0 Å². The molecule has 1 aromatic heterocycles. The van der Waals surface area contributed by atoms with Crippen molar-refractivity contribution in [3.8, 4) is 0 Å². The summed E-state index contributed by atoms with van der Waals surface area (Å²) in [6.45, 7) is 1.41. The van der Waals surface area contributed by atoms with E-state index in [1.807, 2.05) is 30.3 Å². The molecule has 1 aliphatic rings. The molecule has 0 saturated heterocycles. The second-order valence-electron chi connectivity index (χ2n) is 6.97. The Morgan fingerprint density at radius 2 is 2.00 bits per heavy atom. The molecular formula is C22H20N2O5. The van der Waals surface area contributed by atoms with E-state index >= 15 is 0 Å². The lowest BCUT2D eigenvalue weighted by molar-refractivity contribution is -0.125. The average Bonchev–Trinajstić information content (AvgIpc) is 3.16. The van der Waals surface area contributed by atoms with Crippen LogP contribution < -0.4 is 10.6 Å². The van der Waals surface area contributed by atoms with Crippen LogP contribution in [0.1, 0.15) is 41.1 Å². The van der Waals surface area contributed by atoms with Crippen molar-refractivity contribution < 1.29 is 23.5 Å². The van der Waals surface area contributed by atoms with E-state index in [2.05, 4.69) is 10.6 Å². The number of ether oxygens (including phenoxy) is 1. The summed E-state index contributed by atoms with van der Waals surface area (Å²) in [5.41, 5.74) is 2.67. The molecule has 2 amide bonds. The molecule has 2 aromatic carbocycles. The van der Waals surface area contributed by atoms with Gasteiger partial charge in [0.15, 0.2) is 6.61 Å². The van der Waals surface area contributed by atoms with Crippen molar-refractivity contribution in [3.63, 3.8) is 0 Å². The highest BCUT2D eigenvalue weighted by atomic mass is 16.5. The van der Waals surface area contributed by atoms with Gasteiger partial charge in [-0.05, 0) is 49.2 Å². The first-order valence-corrected chi connectivity index (χ1v) is 9.37. The number of carbonyl (C=O) groups excluding carboxylic acids is 3. The predicted octanol–water partition coefficient (Wildman–Crippen LogP) is 3.35. The number of carbonyl (C=O) groups is 3. The van der Waals surface area contributed by atoms with Crippen LogP contribution in [0, 0.1) is 0 Å². The van der Waals surface area contributed by atoms with E-state index in [0.717, 1.165) is 16.5 Å². The van der Waals surface area contributed by atoms with E-state index in [-0.39, 0.29) is 11.9 Å². The molecule has 0 fully saturated rings. The number of fused-ring (bicyclic) bond motifs is 2. The van der Waals surface area contributed by atoms with Crippen LogP contribution >= 0.6 is 0 Å². The molecule has 7 nitrogen and oxygen atoms in total. The smallest absolute Gasteiger partial charge is 0.338 e. The molecule has 0 aliphatic carbocycles. The fourth-order valence-electron chi connectivity index (χ4n) is 3.29. The van der Waals surface area contributed by atoms with Crippen LogP contribution in [-0.2, 0) is 20.7 Å². The first-order valence-electron chi connectivity index (χ1n) is 9.37. The van der Waals surface area contributed by atoms with Crippen LogP contribution in [0.15, 0.2) is 52.9 Å². The molecule has 2 N–H and O–H groups in total. The van der Waals surface area contributed by atoms with Crippen molar-refractivity contribution in [2.45, 2.75) is 25.8 Å². The SMILES string of the molecule is CC(NC(=O)COC(=O)c1ccc2c(c1)CCC(=O)N2)c1cc2ccccc2o1. The third kappa shape index (κ3) is 4.13. The number of amides is 2. The van der Waals surface area contributed by atoms with Crippen LogP contribution in [0.25, 0.3) is 11.0 Å².